The largest absolute Gasteiger partial charge is 0.0765 e. The summed E-state index contributed by atoms with van der Waals surface area (Å²) in [6.07, 6.45) is 9.11. The Morgan fingerprint density at radius 3 is 2.30 bits per heavy atom. The van der Waals surface area contributed by atoms with E-state index in [-0.39, 0.29) is 0 Å². The average Bonchev–Trinajstić information content (AvgIpc) is 2.46. The Morgan fingerprint density at radius 2 is 1.45 bits per heavy atom. The van der Waals surface area contributed by atoms with Crippen LogP contribution in [-0.4, -0.2) is 3.74 Å². The third-order valence-corrected chi connectivity index (χ3v) is 4.66. The topological polar surface area (TPSA) is 0 Å². The van der Waals surface area contributed by atoms with Gasteiger partial charge in [0.05, 0.1) is 3.74 Å². The zero-order chi connectivity index (χ0) is 14.2. The highest BCUT2D eigenvalue weighted by molar-refractivity contribution is 9.24. The molecule has 0 aliphatic rings. The highest BCUT2D eigenvalue weighted by Crippen LogP contribution is 2.21. The van der Waals surface area contributed by atoms with Crippen LogP contribution in [0.2, 0.25) is 0 Å². The fourth-order valence-electron chi connectivity index (χ4n) is 2.65. The van der Waals surface area contributed by atoms with Gasteiger partial charge in [0.1, 0.15) is 0 Å². The zero-order valence-electron chi connectivity index (χ0n) is 11.8. The van der Waals surface area contributed by atoms with Gasteiger partial charge in [-0.1, -0.05) is 100 Å². The first-order valence-electron chi connectivity index (χ1n) is 7.52. The summed E-state index contributed by atoms with van der Waals surface area (Å²) in [4.78, 5) is 0. The van der Waals surface area contributed by atoms with E-state index >= 15 is 0 Å². The second-order valence-corrected chi connectivity index (χ2v) is 8.78. The van der Waals surface area contributed by atoms with Crippen LogP contribution in [0.1, 0.15) is 44.1 Å². The number of aryl methyl sites for hydroxylation is 1. The Labute approximate surface area is 139 Å². The van der Waals surface area contributed by atoms with Crippen molar-refractivity contribution in [2.24, 2.45) is 0 Å². The molecular weight excluding hydrogens is 376 g/mol. The lowest BCUT2D eigenvalue weighted by atomic mass is 9.99. The maximum Gasteiger partial charge on any atom is 0.0697 e. The Kier molecular flexibility index (Phi) is 7.09. The summed E-state index contributed by atoms with van der Waals surface area (Å²) < 4.78 is 0.491. The van der Waals surface area contributed by atoms with E-state index in [1.54, 1.807) is 0 Å². The summed E-state index contributed by atoms with van der Waals surface area (Å²) in [5.41, 5.74) is 1.50. The summed E-state index contributed by atoms with van der Waals surface area (Å²) in [5, 5.41) is 2.79. The molecule has 2 aromatic rings. The highest BCUT2D eigenvalue weighted by atomic mass is 79.9. The molecule has 0 unspecified atom stereocenters. The summed E-state index contributed by atoms with van der Waals surface area (Å²) in [6, 6.07) is 15.4. The first-order chi connectivity index (χ1) is 9.77. The lowest BCUT2D eigenvalue weighted by molar-refractivity contribution is 0.608. The fourth-order valence-corrected chi connectivity index (χ4v) is 3.30. The monoisotopic (exact) mass is 396 g/mol. The van der Waals surface area contributed by atoms with E-state index in [1.165, 1.54) is 61.3 Å². The molecule has 0 amide bonds. The molecule has 0 N–H and O–H groups in total. The molecule has 0 aromatic heterocycles. The lowest BCUT2D eigenvalue weighted by Gasteiger charge is -2.07. The van der Waals surface area contributed by atoms with E-state index in [9.17, 15) is 0 Å². The van der Waals surface area contributed by atoms with Gasteiger partial charge in [0, 0.05) is 0 Å². The van der Waals surface area contributed by atoms with Gasteiger partial charge in [-0.3, -0.25) is 0 Å². The smallest absolute Gasteiger partial charge is 0.0697 e. The van der Waals surface area contributed by atoms with Crippen molar-refractivity contribution in [1.29, 1.82) is 0 Å². The first-order valence-corrected chi connectivity index (χ1v) is 9.35. The fraction of sp³-hybridized carbons (Fsp3) is 0.444. The van der Waals surface area contributed by atoms with Gasteiger partial charge in [-0.25, -0.2) is 0 Å². The number of hydrogen-bond donors (Lipinski definition) is 0. The van der Waals surface area contributed by atoms with Crippen LogP contribution in [0.25, 0.3) is 10.8 Å². The van der Waals surface area contributed by atoms with E-state index < -0.39 is 0 Å². The van der Waals surface area contributed by atoms with Gasteiger partial charge in [0.25, 0.3) is 0 Å². The Hall–Kier alpha value is -0.340. The van der Waals surface area contributed by atoms with Gasteiger partial charge < -0.3 is 0 Å². The summed E-state index contributed by atoms with van der Waals surface area (Å²) in [5.74, 6) is 0. The molecule has 0 saturated carbocycles. The molecular formula is C18H22Br2. The van der Waals surface area contributed by atoms with Crippen LogP contribution >= 0.6 is 31.9 Å². The van der Waals surface area contributed by atoms with E-state index in [1.807, 2.05) is 0 Å². The van der Waals surface area contributed by atoms with Gasteiger partial charge in [0.2, 0.25) is 0 Å². The first kappa shape index (κ1) is 16.0. The van der Waals surface area contributed by atoms with Gasteiger partial charge >= 0.3 is 0 Å². The minimum atomic E-state index is 0.491. The predicted molar refractivity (Wildman–Crippen MR) is 97.0 cm³/mol. The van der Waals surface area contributed by atoms with Crippen LogP contribution < -0.4 is 0 Å². The van der Waals surface area contributed by atoms with Crippen molar-refractivity contribution in [3.05, 3.63) is 48.0 Å². The zero-order valence-corrected chi connectivity index (χ0v) is 15.0. The number of rotatable bonds is 8. The van der Waals surface area contributed by atoms with Crippen LogP contribution in [0.5, 0.6) is 0 Å². The van der Waals surface area contributed by atoms with E-state index in [2.05, 4.69) is 74.3 Å². The number of benzene rings is 2. The maximum atomic E-state index is 3.53. The Morgan fingerprint density at radius 1 is 0.750 bits per heavy atom. The molecule has 108 valence electrons. The third kappa shape index (κ3) is 5.21. The van der Waals surface area contributed by atoms with Crippen LogP contribution in [0.3, 0.4) is 0 Å². The van der Waals surface area contributed by atoms with Gasteiger partial charge in [0.15, 0.2) is 0 Å². The molecule has 0 nitrogen and oxygen atoms in total. The number of halogens is 2. The van der Waals surface area contributed by atoms with E-state index in [0.717, 1.165) is 0 Å². The van der Waals surface area contributed by atoms with Crippen LogP contribution in [-0.2, 0) is 6.42 Å². The van der Waals surface area contributed by atoms with E-state index in [4.69, 9.17) is 0 Å². The van der Waals surface area contributed by atoms with Gasteiger partial charge in [-0.15, -0.1) is 0 Å². The molecule has 2 rings (SSSR count). The molecule has 0 atom stereocenters. The number of hydrogen-bond acceptors (Lipinski definition) is 0. The number of fused-ring (bicyclic) bond motifs is 1. The molecule has 0 spiro atoms. The third-order valence-electron chi connectivity index (χ3n) is 3.75. The van der Waals surface area contributed by atoms with E-state index in [0.29, 0.717) is 3.74 Å². The second kappa shape index (κ2) is 8.84. The van der Waals surface area contributed by atoms with Gasteiger partial charge in [-0.05, 0) is 35.6 Å². The number of unbranched alkanes of at least 4 members (excludes halogenated alkanes) is 4. The van der Waals surface area contributed by atoms with Crippen molar-refractivity contribution >= 4 is 42.6 Å². The predicted octanol–water partition coefficient (Wildman–Crippen LogP) is 6.84. The minimum Gasteiger partial charge on any atom is -0.0765 e. The summed E-state index contributed by atoms with van der Waals surface area (Å²) in [6.45, 7) is 0. The second-order valence-electron chi connectivity index (χ2n) is 5.34. The highest BCUT2D eigenvalue weighted by Gasteiger charge is 2.01. The van der Waals surface area contributed by atoms with Crippen molar-refractivity contribution < 1.29 is 0 Å². The molecule has 0 heterocycles. The molecule has 0 aliphatic carbocycles. The molecule has 0 fully saturated rings. The SMILES string of the molecule is BrC(Br)CCCCCCCc1cccc2ccccc12. The normalized spacial score (nSPS) is 11.3. The number of alkyl halides is 2. The molecule has 0 saturated heterocycles. The van der Waals surface area contributed by atoms with Crippen molar-refractivity contribution in [3.63, 3.8) is 0 Å². The van der Waals surface area contributed by atoms with Crippen molar-refractivity contribution in [2.45, 2.75) is 48.7 Å². The molecule has 0 radical (unpaired) electrons. The molecule has 0 bridgehead atoms. The standard InChI is InChI=1S/C18H22Br2/c19-18(20)14-5-3-1-2-4-9-15-11-8-12-16-10-6-7-13-17(15)16/h6-8,10-13,18H,1-5,9,14H2. The average molecular weight is 398 g/mol. The molecule has 2 heteroatoms. The Bertz CT molecular complexity index is 514. The molecule has 0 aliphatic heterocycles. The maximum absolute atomic E-state index is 3.53. The van der Waals surface area contributed by atoms with Crippen molar-refractivity contribution in [3.8, 4) is 0 Å². The van der Waals surface area contributed by atoms with Gasteiger partial charge in [-0.2, -0.15) is 0 Å². The lowest BCUT2D eigenvalue weighted by Crippen LogP contribution is -1.89. The van der Waals surface area contributed by atoms with Crippen LogP contribution in [0.4, 0.5) is 0 Å². The Balaban J connectivity index is 1.73. The molecule has 20 heavy (non-hydrogen) atoms. The van der Waals surface area contributed by atoms with Crippen LogP contribution in [0, 0.1) is 0 Å². The van der Waals surface area contributed by atoms with Crippen molar-refractivity contribution in [2.75, 3.05) is 0 Å². The summed E-state index contributed by atoms with van der Waals surface area (Å²) in [7, 11) is 0. The molecule has 2 aromatic carbocycles. The summed E-state index contributed by atoms with van der Waals surface area (Å²) >= 11 is 7.05. The van der Waals surface area contributed by atoms with Crippen molar-refractivity contribution in [1.82, 2.24) is 0 Å². The van der Waals surface area contributed by atoms with Crippen LogP contribution in [0.15, 0.2) is 42.5 Å². The quantitative estimate of drug-likeness (QED) is 0.337. The minimum absolute atomic E-state index is 0.491.